The molecule has 0 aliphatic carbocycles. The minimum absolute atomic E-state index is 0.331. The van der Waals surface area contributed by atoms with E-state index in [1.54, 1.807) is 31.2 Å². The number of nitrogens with two attached hydrogens (primary N) is 1. The Morgan fingerprint density at radius 3 is 2.48 bits per heavy atom. The van der Waals surface area contributed by atoms with Crippen LogP contribution < -0.4 is 10.5 Å². The summed E-state index contributed by atoms with van der Waals surface area (Å²) in [5.74, 6) is -0.179. The van der Waals surface area contributed by atoms with Crippen LogP contribution in [0.25, 0.3) is 0 Å². The highest BCUT2D eigenvalue weighted by Gasteiger charge is 2.24. The zero-order chi connectivity index (χ0) is 15.4. The molecule has 0 aromatic heterocycles. The van der Waals surface area contributed by atoms with E-state index in [0.29, 0.717) is 23.3 Å². The molecule has 0 radical (unpaired) electrons. The maximum Gasteiger partial charge on any atom is 0.142 e. The van der Waals surface area contributed by atoms with Crippen molar-refractivity contribution in [1.29, 1.82) is 0 Å². The molecule has 0 aliphatic rings. The van der Waals surface area contributed by atoms with Gasteiger partial charge in [0.05, 0.1) is 0 Å². The second kappa shape index (κ2) is 6.68. The Labute approximate surface area is 123 Å². The molecule has 4 heteroatoms. The van der Waals surface area contributed by atoms with Gasteiger partial charge in [-0.2, -0.15) is 0 Å². The summed E-state index contributed by atoms with van der Waals surface area (Å²) in [6, 6.07) is 10.3. The molecule has 2 aromatic rings. The number of aryl methyl sites for hydroxylation is 1. The fraction of sp³-hybridized carbons (Fsp3) is 0.294. The summed E-state index contributed by atoms with van der Waals surface area (Å²) in [7, 11) is 0. The van der Waals surface area contributed by atoms with Crippen LogP contribution in [0, 0.1) is 18.6 Å². The zero-order valence-electron chi connectivity index (χ0n) is 12.1. The highest BCUT2D eigenvalue weighted by atomic mass is 19.1. The Bertz CT molecular complexity index is 615. The van der Waals surface area contributed by atoms with E-state index in [2.05, 4.69) is 0 Å². The van der Waals surface area contributed by atoms with Gasteiger partial charge in [0, 0.05) is 11.6 Å². The predicted octanol–water partition coefficient (Wildman–Crippen LogP) is 4.13. The smallest absolute Gasteiger partial charge is 0.142 e. The molecular weight excluding hydrogens is 272 g/mol. The van der Waals surface area contributed by atoms with Crippen LogP contribution in [0.1, 0.15) is 30.6 Å². The maximum atomic E-state index is 14.0. The van der Waals surface area contributed by atoms with Crippen LogP contribution in [-0.4, -0.2) is 6.04 Å². The molecule has 2 atom stereocenters. The average molecular weight is 291 g/mol. The molecule has 2 aromatic carbocycles. The monoisotopic (exact) mass is 291 g/mol. The van der Waals surface area contributed by atoms with Gasteiger partial charge in [-0.3, -0.25) is 0 Å². The molecule has 0 spiro atoms. The van der Waals surface area contributed by atoms with Gasteiger partial charge in [-0.25, -0.2) is 8.78 Å². The van der Waals surface area contributed by atoms with Crippen molar-refractivity contribution in [3.8, 4) is 5.75 Å². The van der Waals surface area contributed by atoms with Crippen molar-refractivity contribution in [3.63, 3.8) is 0 Å². The standard InChI is InChI=1S/C17H19F2NO/c1-3-15(20)17(13-6-4-5-7-14(13)19)21-16-9-8-12(18)10-11(16)2/h4-10,15,17H,3,20H2,1-2H3. The molecule has 0 amide bonds. The Kier molecular flexibility index (Phi) is 4.91. The number of hydrogen-bond acceptors (Lipinski definition) is 2. The van der Waals surface area contributed by atoms with E-state index in [-0.39, 0.29) is 17.7 Å². The van der Waals surface area contributed by atoms with Crippen LogP contribution in [0.5, 0.6) is 5.75 Å². The minimum Gasteiger partial charge on any atom is -0.484 e. The third-order valence-corrected chi connectivity index (χ3v) is 3.46. The number of rotatable bonds is 5. The lowest BCUT2D eigenvalue weighted by Gasteiger charge is -2.26. The van der Waals surface area contributed by atoms with Gasteiger partial charge in [-0.15, -0.1) is 0 Å². The summed E-state index contributed by atoms with van der Waals surface area (Å²) in [5.41, 5.74) is 7.15. The van der Waals surface area contributed by atoms with Gasteiger partial charge in [0.15, 0.2) is 0 Å². The summed E-state index contributed by atoms with van der Waals surface area (Å²) in [6.07, 6.45) is 0.0274. The molecule has 0 saturated heterocycles. The van der Waals surface area contributed by atoms with E-state index in [9.17, 15) is 8.78 Å². The Hall–Kier alpha value is -1.94. The van der Waals surface area contributed by atoms with Crippen LogP contribution in [0.2, 0.25) is 0 Å². The van der Waals surface area contributed by atoms with Gasteiger partial charge in [-0.05, 0) is 43.2 Å². The first kappa shape index (κ1) is 15.4. The second-order valence-corrected chi connectivity index (χ2v) is 5.04. The SMILES string of the molecule is CCC(N)C(Oc1ccc(F)cc1C)c1ccccc1F. The maximum absolute atomic E-state index is 14.0. The first-order valence-electron chi connectivity index (χ1n) is 6.95. The summed E-state index contributed by atoms with van der Waals surface area (Å²) < 4.78 is 33.1. The molecule has 2 unspecified atom stereocenters. The minimum atomic E-state index is -0.611. The van der Waals surface area contributed by atoms with Crippen molar-refractivity contribution in [2.75, 3.05) is 0 Å². The highest BCUT2D eigenvalue weighted by molar-refractivity contribution is 5.34. The first-order chi connectivity index (χ1) is 10.0. The van der Waals surface area contributed by atoms with Gasteiger partial charge in [0.2, 0.25) is 0 Å². The molecular formula is C17H19F2NO. The lowest BCUT2D eigenvalue weighted by atomic mass is 10.00. The van der Waals surface area contributed by atoms with Gasteiger partial charge in [0.25, 0.3) is 0 Å². The quantitative estimate of drug-likeness (QED) is 0.899. The molecule has 0 saturated carbocycles. The molecule has 2 nitrogen and oxygen atoms in total. The summed E-state index contributed by atoms with van der Waals surface area (Å²) >= 11 is 0. The molecule has 0 bridgehead atoms. The van der Waals surface area contributed by atoms with Crippen LogP contribution in [0.4, 0.5) is 8.78 Å². The fourth-order valence-corrected chi connectivity index (χ4v) is 2.18. The van der Waals surface area contributed by atoms with Crippen LogP contribution in [0.3, 0.4) is 0 Å². The molecule has 2 rings (SSSR count). The van der Waals surface area contributed by atoms with E-state index in [0.717, 1.165) is 0 Å². The normalized spacial score (nSPS) is 13.8. The lowest BCUT2D eigenvalue weighted by Crippen LogP contribution is -2.32. The van der Waals surface area contributed by atoms with Crippen LogP contribution >= 0.6 is 0 Å². The number of benzene rings is 2. The van der Waals surface area contributed by atoms with Crippen LogP contribution in [-0.2, 0) is 0 Å². The van der Waals surface area contributed by atoms with E-state index in [1.165, 1.54) is 18.2 Å². The van der Waals surface area contributed by atoms with Gasteiger partial charge in [0.1, 0.15) is 23.5 Å². The Morgan fingerprint density at radius 2 is 1.86 bits per heavy atom. The van der Waals surface area contributed by atoms with Crippen molar-refractivity contribution in [2.24, 2.45) is 5.73 Å². The molecule has 112 valence electrons. The van der Waals surface area contributed by atoms with E-state index < -0.39 is 6.10 Å². The van der Waals surface area contributed by atoms with Crippen molar-refractivity contribution in [2.45, 2.75) is 32.4 Å². The predicted molar refractivity (Wildman–Crippen MR) is 79.2 cm³/mol. The molecule has 0 aliphatic heterocycles. The van der Waals surface area contributed by atoms with E-state index in [4.69, 9.17) is 10.5 Å². The third kappa shape index (κ3) is 3.58. The van der Waals surface area contributed by atoms with Crippen molar-refractivity contribution < 1.29 is 13.5 Å². The fourth-order valence-electron chi connectivity index (χ4n) is 2.18. The molecule has 2 N–H and O–H groups in total. The lowest BCUT2D eigenvalue weighted by molar-refractivity contribution is 0.165. The van der Waals surface area contributed by atoms with E-state index in [1.807, 2.05) is 6.92 Å². The average Bonchev–Trinajstić information content (AvgIpc) is 2.47. The van der Waals surface area contributed by atoms with Crippen molar-refractivity contribution in [1.82, 2.24) is 0 Å². The van der Waals surface area contributed by atoms with Gasteiger partial charge in [-0.1, -0.05) is 25.1 Å². The van der Waals surface area contributed by atoms with Gasteiger partial charge < -0.3 is 10.5 Å². The zero-order valence-corrected chi connectivity index (χ0v) is 12.1. The third-order valence-electron chi connectivity index (χ3n) is 3.46. The second-order valence-electron chi connectivity index (χ2n) is 5.04. The number of hydrogen-bond donors (Lipinski definition) is 1. The summed E-state index contributed by atoms with van der Waals surface area (Å²) in [5, 5.41) is 0. The van der Waals surface area contributed by atoms with Crippen LogP contribution in [0.15, 0.2) is 42.5 Å². The Balaban J connectivity index is 2.35. The highest BCUT2D eigenvalue weighted by Crippen LogP contribution is 2.29. The molecule has 21 heavy (non-hydrogen) atoms. The number of ether oxygens (including phenoxy) is 1. The Morgan fingerprint density at radius 1 is 1.14 bits per heavy atom. The summed E-state index contributed by atoms with van der Waals surface area (Å²) in [6.45, 7) is 3.66. The molecule has 0 fully saturated rings. The van der Waals surface area contributed by atoms with E-state index >= 15 is 0 Å². The number of halogens is 2. The van der Waals surface area contributed by atoms with Gasteiger partial charge >= 0.3 is 0 Å². The molecule has 0 heterocycles. The topological polar surface area (TPSA) is 35.2 Å². The largest absolute Gasteiger partial charge is 0.484 e. The van der Waals surface area contributed by atoms with Crippen molar-refractivity contribution in [3.05, 3.63) is 65.2 Å². The first-order valence-corrected chi connectivity index (χ1v) is 6.95. The summed E-state index contributed by atoms with van der Waals surface area (Å²) in [4.78, 5) is 0. The van der Waals surface area contributed by atoms with Crippen molar-refractivity contribution >= 4 is 0 Å².